The van der Waals surface area contributed by atoms with E-state index in [1.807, 2.05) is 27.7 Å². The zero-order valence-corrected chi connectivity index (χ0v) is 28.4. The van der Waals surface area contributed by atoms with Crippen LogP contribution in [0.5, 0.6) is 0 Å². The maximum absolute atomic E-state index is 12.4. The molecular formula is C29H52NaO10S+. The van der Waals surface area contributed by atoms with Gasteiger partial charge in [-0.15, -0.1) is 0 Å². The summed E-state index contributed by atoms with van der Waals surface area (Å²) in [4.78, 5) is 0. The van der Waals surface area contributed by atoms with Crippen molar-refractivity contribution in [3.8, 4) is 0 Å². The molecule has 4 aliphatic carbocycles. The molecule has 7 N–H and O–H groups in total. The fraction of sp³-hybridized carbons (Fsp3) is 1.00. The molecule has 0 aromatic rings. The van der Waals surface area contributed by atoms with E-state index < -0.39 is 68.7 Å². The zero-order valence-electron chi connectivity index (χ0n) is 25.6. The Bertz CT molecular complexity index is 1030. The molecule has 4 aliphatic rings. The summed E-state index contributed by atoms with van der Waals surface area (Å²) in [7, 11) is -4.49. The van der Waals surface area contributed by atoms with Gasteiger partial charge in [0.05, 0.1) is 42.2 Å². The molecule has 0 spiro atoms. The van der Waals surface area contributed by atoms with Gasteiger partial charge >= 0.3 is 40.0 Å². The molecule has 0 bridgehead atoms. The van der Waals surface area contributed by atoms with Crippen LogP contribution in [0.3, 0.4) is 0 Å². The average molecular weight is 616 g/mol. The molecule has 0 aromatic carbocycles. The summed E-state index contributed by atoms with van der Waals surface area (Å²) in [6.45, 7) is 9.97. The molecule has 0 amide bonds. The van der Waals surface area contributed by atoms with E-state index >= 15 is 0 Å². The van der Waals surface area contributed by atoms with Crippen molar-refractivity contribution in [3.63, 3.8) is 0 Å². The van der Waals surface area contributed by atoms with Crippen molar-refractivity contribution in [1.29, 1.82) is 0 Å². The van der Waals surface area contributed by atoms with Gasteiger partial charge in [0.2, 0.25) is 0 Å². The van der Waals surface area contributed by atoms with Crippen LogP contribution in [0, 0.1) is 46.3 Å². The van der Waals surface area contributed by atoms with Gasteiger partial charge in [-0.05, 0) is 73.5 Å². The molecule has 10 nitrogen and oxygen atoms in total. The molecule has 234 valence electrons. The third-order valence-electron chi connectivity index (χ3n) is 12.3. The Morgan fingerprint density at radius 1 is 0.902 bits per heavy atom. The first kappa shape index (κ1) is 36.1. The van der Waals surface area contributed by atoms with E-state index in [4.69, 9.17) is 4.55 Å². The van der Waals surface area contributed by atoms with Crippen molar-refractivity contribution in [3.05, 3.63) is 0 Å². The summed E-state index contributed by atoms with van der Waals surface area (Å²) in [5.74, 6) is -1.04. The van der Waals surface area contributed by atoms with Crippen molar-refractivity contribution >= 4 is 10.4 Å². The van der Waals surface area contributed by atoms with E-state index in [1.54, 1.807) is 0 Å². The predicted molar refractivity (Wildman–Crippen MR) is 147 cm³/mol. The second kappa shape index (κ2) is 12.4. The molecule has 41 heavy (non-hydrogen) atoms. The fourth-order valence-corrected chi connectivity index (χ4v) is 10.6. The molecule has 0 radical (unpaired) electrons. The van der Waals surface area contributed by atoms with E-state index in [0.29, 0.717) is 38.5 Å². The van der Waals surface area contributed by atoms with Crippen LogP contribution in [-0.4, -0.2) is 85.8 Å². The van der Waals surface area contributed by atoms with Gasteiger partial charge in [0.1, 0.15) is 0 Å². The first-order valence-corrected chi connectivity index (χ1v) is 16.5. The van der Waals surface area contributed by atoms with Crippen LogP contribution >= 0.6 is 0 Å². The van der Waals surface area contributed by atoms with Gasteiger partial charge in [-0.1, -0.05) is 41.0 Å². The van der Waals surface area contributed by atoms with Crippen molar-refractivity contribution in [2.24, 2.45) is 46.3 Å². The van der Waals surface area contributed by atoms with Crippen LogP contribution in [0.15, 0.2) is 0 Å². The van der Waals surface area contributed by atoms with Crippen molar-refractivity contribution in [2.75, 3.05) is 6.61 Å². The number of hydrogen-bond acceptors (Lipinski definition) is 9. The Balaban J connectivity index is 0.00000462. The third kappa shape index (κ3) is 6.11. The SMILES string of the molecule is CC(C)C(CCOS(=O)(=O)O)CCC(C)[C@H]1[C@@H](O)C(O)C2[C@]3(O)C[C@@H](O)C4(O)C[C@@H](O)CC[C@]4(C)C3CC[C@@]21C.[Na+]. The Morgan fingerprint density at radius 2 is 1.54 bits per heavy atom. The van der Waals surface area contributed by atoms with Gasteiger partial charge in [-0.3, -0.25) is 4.55 Å². The topological polar surface area (TPSA) is 185 Å². The summed E-state index contributed by atoms with van der Waals surface area (Å²) >= 11 is 0. The van der Waals surface area contributed by atoms with Gasteiger partial charge in [0.25, 0.3) is 0 Å². The summed E-state index contributed by atoms with van der Waals surface area (Å²) in [5.41, 5.74) is -4.47. The number of fused-ring (bicyclic) bond motifs is 5. The minimum atomic E-state index is -4.49. The molecule has 4 fully saturated rings. The number of rotatable bonds is 9. The van der Waals surface area contributed by atoms with Crippen molar-refractivity contribution < 1.29 is 77.4 Å². The summed E-state index contributed by atoms with van der Waals surface area (Å²) in [5, 5.41) is 68.7. The van der Waals surface area contributed by atoms with Crippen molar-refractivity contribution in [1.82, 2.24) is 0 Å². The smallest absolute Gasteiger partial charge is 0.393 e. The maximum Gasteiger partial charge on any atom is 1.00 e. The standard InChI is InChI=1S/C29H52O10S.Na/c1-16(2)18(10-13-39-40(36,37)38)7-6-17(3)22-23(32)24(33)25-26(22,4)11-9-20-27(5)12-8-19(30)14-29(27,35)21(31)15-28(20,25)34;/h16-25,30-35H,6-15H2,1-5H3,(H,36,37,38);/q;+1/t17?,18?,19-,20?,21+,22-,23+,24?,25?,26+,27+,28-,29?;/m0./s1. The van der Waals surface area contributed by atoms with Gasteiger partial charge in [0, 0.05) is 24.2 Å². The van der Waals surface area contributed by atoms with Crippen LogP contribution in [-0.2, 0) is 14.6 Å². The number of aliphatic hydroxyl groups is 6. The molecule has 0 aliphatic heterocycles. The average Bonchev–Trinajstić information content (AvgIpc) is 3.02. The van der Waals surface area contributed by atoms with E-state index in [9.17, 15) is 39.1 Å². The van der Waals surface area contributed by atoms with Gasteiger partial charge in [-0.25, -0.2) is 4.18 Å². The first-order chi connectivity index (χ1) is 18.3. The summed E-state index contributed by atoms with van der Waals surface area (Å²) in [6.07, 6.45) is -0.249. The van der Waals surface area contributed by atoms with Gasteiger partial charge < -0.3 is 30.6 Å². The van der Waals surface area contributed by atoms with E-state index in [-0.39, 0.29) is 72.7 Å². The van der Waals surface area contributed by atoms with Crippen LogP contribution in [0.25, 0.3) is 0 Å². The summed E-state index contributed by atoms with van der Waals surface area (Å²) in [6, 6.07) is 0. The zero-order chi connectivity index (χ0) is 30.1. The van der Waals surface area contributed by atoms with Crippen LogP contribution in [0.1, 0.15) is 92.4 Å². The fourth-order valence-electron chi connectivity index (χ4n) is 10.3. The van der Waals surface area contributed by atoms with E-state index in [1.165, 1.54) is 0 Å². The van der Waals surface area contributed by atoms with Gasteiger partial charge in [0.15, 0.2) is 0 Å². The first-order valence-electron chi connectivity index (χ1n) is 15.1. The molecule has 0 saturated heterocycles. The molecule has 6 unspecified atom stereocenters. The van der Waals surface area contributed by atoms with Gasteiger partial charge in [-0.2, -0.15) is 8.42 Å². The molecule has 4 rings (SSSR count). The monoisotopic (exact) mass is 615 g/mol. The van der Waals surface area contributed by atoms with Crippen LogP contribution in [0.2, 0.25) is 0 Å². The molecular weight excluding hydrogens is 563 g/mol. The van der Waals surface area contributed by atoms with Crippen LogP contribution in [0.4, 0.5) is 0 Å². The summed E-state index contributed by atoms with van der Waals surface area (Å²) < 4.78 is 35.3. The maximum atomic E-state index is 12.4. The minimum Gasteiger partial charge on any atom is -0.393 e. The Labute approximate surface area is 267 Å². The number of aliphatic hydroxyl groups excluding tert-OH is 4. The van der Waals surface area contributed by atoms with Crippen molar-refractivity contribution in [2.45, 2.75) is 128 Å². The Hall–Kier alpha value is 0.630. The third-order valence-corrected chi connectivity index (χ3v) is 12.8. The quantitative estimate of drug-likeness (QED) is 0.126. The molecule has 12 heteroatoms. The van der Waals surface area contributed by atoms with E-state index in [0.717, 1.165) is 6.42 Å². The second-order valence-corrected chi connectivity index (χ2v) is 15.7. The molecule has 0 heterocycles. The largest absolute Gasteiger partial charge is 1.00 e. The minimum absolute atomic E-state index is 0. The molecule has 13 atom stereocenters. The number of hydrogen-bond donors (Lipinski definition) is 7. The second-order valence-electron chi connectivity index (χ2n) is 14.6. The van der Waals surface area contributed by atoms with E-state index in [2.05, 4.69) is 11.1 Å². The Kier molecular flexibility index (Phi) is 11.0. The predicted octanol–water partition coefficient (Wildman–Crippen LogP) is -0.950. The Morgan fingerprint density at radius 3 is 2.12 bits per heavy atom. The molecule has 0 aromatic heterocycles. The molecule has 4 saturated carbocycles. The normalized spacial score (nSPS) is 47.6. The van der Waals surface area contributed by atoms with Crippen LogP contribution < -0.4 is 29.6 Å².